The highest BCUT2D eigenvalue weighted by Crippen LogP contribution is 2.05. The minimum Gasteiger partial charge on any atom is -0.386 e. The third kappa shape index (κ3) is 3.72. The monoisotopic (exact) mass is 240 g/mol. The minimum atomic E-state index is -3.15. The highest BCUT2D eigenvalue weighted by molar-refractivity contribution is 6.74. The average Bonchev–Trinajstić information content (AvgIpc) is 2.35. The molecule has 1 aromatic rings. The molecule has 0 amide bonds. The lowest BCUT2D eigenvalue weighted by Gasteiger charge is -2.22. The Labute approximate surface area is 98.4 Å². The zero-order valence-corrected chi connectivity index (χ0v) is 11.0. The van der Waals surface area contributed by atoms with Gasteiger partial charge in [0.15, 0.2) is 0 Å². The van der Waals surface area contributed by atoms with E-state index in [9.17, 15) is 4.80 Å². The van der Waals surface area contributed by atoms with Gasteiger partial charge in [-0.1, -0.05) is 50.1 Å². The van der Waals surface area contributed by atoms with Gasteiger partial charge in [-0.15, -0.1) is 0 Å². The Hall–Kier alpha value is -0.683. The standard InChI is InChI=1S/C12H20O3Si/c1-3-4-8-11-15-16(13,14-2)12-9-6-5-7-10-12/h5-7,9-10,13H,3-4,8,11H2,1-2H3. The lowest BCUT2D eigenvalue weighted by molar-refractivity contribution is 0.135. The fourth-order valence-electron chi connectivity index (χ4n) is 1.47. The first-order valence-electron chi connectivity index (χ1n) is 5.70. The van der Waals surface area contributed by atoms with Gasteiger partial charge in [0.05, 0.1) is 0 Å². The molecule has 90 valence electrons. The van der Waals surface area contributed by atoms with Crippen molar-refractivity contribution in [1.82, 2.24) is 0 Å². The predicted molar refractivity (Wildman–Crippen MR) is 66.5 cm³/mol. The first-order chi connectivity index (χ1) is 7.73. The largest absolute Gasteiger partial charge is 0.534 e. The van der Waals surface area contributed by atoms with Crippen LogP contribution in [0, 0.1) is 0 Å². The number of hydrogen-bond acceptors (Lipinski definition) is 3. The summed E-state index contributed by atoms with van der Waals surface area (Å²) in [5.74, 6) is 0. The van der Waals surface area contributed by atoms with Gasteiger partial charge in [0, 0.05) is 18.9 Å². The number of unbranched alkanes of at least 4 members (excludes halogenated alkanes) is 2. The van der Waals surface area contributed by atoms with E-state index in [-0.39, 0.29) is 0 Å². The number of rotatable bonds is 7. The van der Waals surface area contributed by atoms with E-state index in [1.54, 1.807) is 0 Å². The van der Waals surface area contributed by atoms with Crippen molar-refractivity contribution in [1.29, 1.82) is 0 Å². The van der Waals surface area contributed by atoms with Crippen LogP contribution in [-0.4, -0.2) is 27.3 Å². The quantitative estimate of drug-likeness (QED) is 0.582. The fourth-order valence-corrected chi connectivity index (χ4v) is 3.03. The van der Waals surface area contributed by atoms with Crippen LogP contribution in [0.3, 0.4) is 0 Å². The molecule has 1 atom stereocenters. The van der Waals surface area contributed by atoms with E-state index < -0.39 is 8.80 Å². The van der Waals surface area contributed by atoms with Crippen molar-refractivity contribution in [2.45, 2.75) is 26.2 Å². The highest BCUT2D eigenvalue weighted by atomic mass is 28.4. The van der Waals surface area contributed by atoms with Gasteiger partial charge < -0.3 is 13.6 Å². The van der Waals surface area contributed by atoms with Gasteiger partial charge in [0.2, 0.25) is 0 Å². The van der Waals surface area contributed by atoms with Crippen molar-refractivity contribution < 1.29 is 13.6 Å². The van der Waals surface area contributed by atoms with Crippen molar-refractivity contribution in [2.75, 3.05) is 13.7 Å². The maximum absolute atomic E-state index is 10.3. The van der Waals surface area contributed by atoms with Crippen molar-refractivity contribution >= 4 is 14.0 Å². The second kappa shape index (κ2) is 6.80. The maximum Gasteiger partial charge on any atom is 0.534 e. The molecule has 3 nitrogen and oxygen atoms in total. The Morgan fingerprint density at radius 1 is 1.19 bits per heavy atom. The van der Waals surface area contributed by atoms with E-state index in [0.29, 0.717) is 6.61 Å². The summed E-state index contributed by atoms with van der Waals surface area (Å²) < 4.78 is 10.7. The first-order valence-corrected chi connectivity index (χ1v) is 7.46. The molecule has 1 N–H and O–H groups in total. The van der Waals surface area contributed by atoms with Gasteiger partial charge >= 0.3 is 8.80 Å². The van der Waals surface area contributed by atoms with Crippen molar-refractivity contribution in [3.05, 3.63) is 30.3 Å². The van der Waals surface area contributed by atoms with Crippen LogP contribution in [0.5, 0.6) is 0 Å². The molecule has 0 aliphatic carbocycles. The normalized spacial score (nSPS) is 14.7. The Morgan fingerprint density at radius 2 is 1.88 bits per heavy atom. The molecule has 0 aliphatic heterocycles. The van der Waals surface area contributed by atoms with E-state index >= 15 is 0 Å². The summed E-state index contributed by atoms with van der Waals surface area (Å²) in [5.41, 5.74) is 0. The molecule has 1 unspecified atom stereocenters. The van der Waals surface area contributed by atoms with Gasteiger partial charge in [-0.05, 0) is 6.42 Å². The lowest BCUT2D eigenvalue weighted by atomic mass is 10.3. The van der Waals surface area contributed by atoms with E-state index in [4.69, 9.17) is 8.85 Å². The Morgan fingerprint density at radius 3 is 2.44 bits per heavy atom. The summed E-state index contributed by atoms with van der Waals surface area (Å²) in [6.07, 6.45) is 3.21. The molecule has 1 aromatic carbocycles. The second-order valence-electron chi connectivity index (χ2n) is 3.71. The molecule has 0 aliphatic rings. The Kier molecular flexibility index (Phi) is 5.69. The molecule has 0 spiro atoms. The van der Waals surface area contributed by atoms with Crippen LogP contribution in [0.4, 0.5) is 0 Å². The van der Waals surface area contributed by atoms with Crippen molar-refractivity contribution in [2.24, 2.45) is 0 Å². The average molecular weight is 240 g/mol. The number of hydrogen-bond donors (Lipinski definition) is 1. The van der Waals surface area contributed by atoms with Crippen molar-refractivity contribution in [3.63, 3.8) is 0 Å². The van der Waals surface area contributed by atoms with E-state index in [1.807, 2.05) is 30.3 Å². The number of benzene rings is 1. The zero-order chi connectivity index (χ0) is 11.9. The van der Waals surface area contributed by atoms with Crippen molar-refractivity contribution in [3.8, 4) is 0 Å². The van der Waals surface area contributed by atoms with Gasteiger partial charge in [0.25, 0.3) is 0 Å². The second-order valence-corrected chi connectivity index (χ2v) is 6.15. The molecule has 1 rings (SSSR count). The molecule has 0 heterocycles. The third-order valence-corrected chi connectivity index (χ3v) is 4.67. The van der Waals surface area contributed by atoms with Gasteiger partial charge in [0.1, 0.15) is 0 Å². The fraction of sp³-hybridized carbons (Fsp3) is 0.500. The predicted octanol–water partition coefficient (Wildman–Crippen LogP) is 1.68. The maximum atomic E-state index is 10.3. The summed E-state index contributed by atoms with van der Waals surface area (Å²) in [4.78, 5) is 10.3. The highest BCUT2D eigenvalue weighted by Gasteiger charge is 2.38. The van der Waals surface area contributed by atoms with Gasteiger partial charge in [-0.3, -0.25) is 0 Å². The summed E-state index contributed by atoms with van der Waals surface area (Å²) in [6.45, 7) is 2.69. The molecule has 0 radical (unpaired) electrons. The summed E-state index contributed by atoms with van der Waals surface area (Å²) in [5, 5.41) is 0.758. The molecule has 16 heavy (non-hydrogen) atoms. The molecule has 0 saturated carbocycles. The molecule has 0 bridgehead atoms. The van der Waals surface area contributed by atoms with Gasteiger partial charge in [-0.25, -0.2) is 0 Å². The molecule has 0 saturated heterocycles. The third-order valence-electron chi connectivity index (χ3n) is 2.46. The zero-order valence-electron chi connectivity index (χ0n) is 9.98. The van der Waals surface area contributed by atoms with Gasteiger partial charge in [-0.2, -0.15) is 0 Å². The van der Waals surface area contributed by atoms with E-state index in [2.05, 4.69) is 6.92 Å². The smallest absolute Gasteiger partial charge is 0.386 e. The molecular formula is C12H20O3Si. The van der Waals surface area contributed by atoms with Crippen LogP contribution in [-0.2, 0) is 8.85 Å². The SMILES string of the molecule is CCCCCO[Si](O)(OC)c1ccccc1. The van der Waals surface area contributed by atoms with Crippen LogP contribution < -0.4 is 5.19 Å². The topological polar surface area (TPSA) is 38.7 Å². The molecule has 4 heteroatoms. The van der Waals surface area contributed by atoms with Crippen LogP contribution in [0.25, 0.3) is 0 Å². The lowest BCUT2D eigenvalue weighted by Crippen LogP contribution is -2.53. The van der Waals surface area contributed by atoms with Crippen LogP contribution in [0.2, 0.25) is 0 Å². The summed E-state index contributed by atoms with van der Waals surface area (Å²) in [7, 11) is -1.65. The van der Waals surface area contributed by atoms with Crippen LogP contribution in [0.1, 0.15) is 26.2 Å². The minimum absolute atomic E-state index is 0.555. The van der Waals surface area contributed by atoms with Crippen LogP contribution in [0.15, 0.2) is 30.3 Å². The Bertz CT molecular complexity index is 292. The molecule has 0 fully saturated rings. The summed E-state index contributed by atoms with van der Waals surface area (Å²) >= 11 is 0. The van der Waals surface area contributed by atoms with E-state index in [0.717, 1.165) is 24.4 Å². The van der Waals surface area contributed by atoms with E-state index in [1.165, 1.54) is 7.11 Å². The molecular weight excluding hydrogens is 220 g/mol. The summed E-state index contributed by atoms with van der Waals surface area (Å²) in [6, 6.07) is 9.35. The Balaban J connectivity index is 2.56. The molecule has 0 aromatic heterocycles. The van der Waals surface area contributed by atoms with Crippen LogP contribution >= 0.6 is 0 Å². The first kappa shape index (κ1) is 13.4.